The van der Waals surface area contributed by atoms with Crippen molar-refractivity contribution in [1.82, 2.24) is 0 Å². The monoisotopic (exact) mass is 268 g/mol. The second-order valence-corrected chi connectivity index (χ2v) is 5.65. The highest BCUT2D eigenvalue weighted by Gasteiger charge is 2.03. The molecular formula is C14H20O3S. The highest BCUT2D eigenvalue weighted by molar-refractivity contribution is 7.99. The molecule has 0 atom stereocenters. The molecule has 0 bridgehead atoms. The first-order valence-corrected chi connectivity index (χ1v) is 7.29. The van der Waals surface area contributed by atoms with E-state index in [0.29, 0.717) is 12.4 Å². The number of benzene rings is 1. The molecule has 0 spiro atoms. The zero-order valence-electron chi connectivity index (χ0n) is 10.9. The Balaban J connectivity index is 2.23. The van der Waals surface area contributed by atoms with Crippen LogP contribution in [0.1, 0.15) is 30.6 Å². The van der Waals surface area contributed by atoms with Gasteiger partial charge in [0.15, 0.2) is 0 Å². The smallest absolute Gasteiger partial charge is 0.335 e. The van der Waals surface area contributed by atoms with Crippen molar-refractivity contribution in [2.75, 3.05) is 18.1 Å². The minimum atomic E-state index is -0.923. The minimum Gasteiger partial charge on any atom is -0.494 e. The van der Waals surface area contributed by atoms with Crippen LogP contribution in [0.25, 0.3) is 0 Å². The van der Waals surface area contributed by atoms with Gasteiger partial charge in [-0.2, -0.15) is 11.8 Å². The number of rotatable bonds is 8. The number of aromatic carboxylic acids is 1. The Bertz CT molecular complexity index is 377. The van der Waals surface area contributed by atoms with E-state index in [1.54, 1.807) is 24.3 Å². The molecule has 1 rings (SSSR count). The third kappa shape index (κ3) is 5.96. The number of thioether (sulfide) groups is 1. The first kappa shape index (κ1) is 14.9. The fourth-order valence-electron chi connectivity index (χ4n) is 1.39. The van der Waals surface area contributed by atoms with E-state index >= 15 is 0 Å². The predicted molar refractivity (Wildman–Crippen MR) is 75.7 cm³/mol. The van der Waals surface area contributed by atoms with Gasteiger partial charge in [-0.05, 0) is 42.0 Å². The molecule has 100 valence electrons. The van der Waals surface area contributed by atoms with E-state index in [-0.39, 0.29) is 5.56 Å². The standard InChI is InChI=1S/C14H20O3S/c1-11(2)10-18-8-4-7-17-13-6-3-5-12(9-13)14(15)16/h3,5-6,9,11H,4,7-8,10H2,1-2H3,(H,15,16). The Kier molecular flexibility index (Phi) is 6.65. The van der Waals surface area contributed by atoms with Gasteiger partial charge in [0.2, 0.25) is 0 Å². The van der Waals surface area contributed by atoms with Crippen molar-refractivity contribution in [3.8, 4) is 5.75 Å². The van der Waals surface area contributed by atoms with E-state index in [0.717, 1.165) is 18.1 Å². The van der Waals surface area contributed by atoms with Crippen LogP contribution in [0.2, 0.25) is 0 Å². The zero-order chi connectivity index (χ0) is 13.4. The van der Waals surface area contributed by atoms with Crippen LogP contribution < -0.4 is 4.74 Å². The molecule has 0 saturated carbocycles. The summed E-state index contributed by atoms with van der Waals surface area (Å²) < 4.78 is 5.53. The van der Waals surface area contributed by atoms with Gasteiger partial charge in [-0.1, -0.05) is 19.9 Å². The molecule has 18 heavy (non-hydrogen) atoms. The molecule has 0 saturated heterocycles. The number of carbonyl (C=O) groups is 1. The van der Waals surface area contributed by atoms with Gasteiger partial charge in [0, 0.05) is 0 Å². The molecule has 1 aromatic carbocycles. The lowest BCUT2D eigenvalue weighted by Gasteiger charge is -2.07. The van der Waals surface area contributed by atoms with Gasteiger partial charge in [-0.15, -0.1) is 0 Å². The largest absolute Gasteiger partial charge is 0.494 e. The van der Waals surface area contributed by atoms with E-state index in [1.807, 2.05) is 11.8 Å². The summed E-state index contributed by atoms with van der Waals surface area (Å²) in [5.41, 5.74) is 0.265. The average Bonchev–Trinajstić information content (AvgIpc) is 2.33. The zero-order valence-corrected chi connectivity index (χ0v) is 11.7. The highest BCUT2D eigenvalue weighted by atomic mass is 32.2. The van der Waals surface area contributed by atoms with Gasteiger partial charge in [-0.3, -0.25) is 0 Å². The number of carboxylic acids is 1. The molecule has 1 aromatic rings. The minimum absolute atomic E-state index is 0.265. The quantitative estimate of drug-likeness (QED) is 0.732. The maximum Gasteiger partial charge on any atom is 0.335 e. The first-order valence-electron chi connectivity index (χ1n) is 6.13. The number of hydrogen-bond donors (Lipinski definition) is 1. The topological polar surface area (TPSA) is 46.5 Å². The second kappa shape index (κ2) is 8.03. The van der Waals surface area contributed by atoms with Gasteiger partial charge in [0.25, 0.3) is 0 Å². The second-order valence-electron chi connectivity index (χ2n) is 4.50. The molecule has 3 nitrogen and oxygen atoms in total. The molecule has 0 unspecified atom stereocenters. The number of ether oxygens (including phenoxy) is 1. The maximum absolute atomic E-state index is 10.8. The van der Waals surface area contributed by atoms with Gasteiger partial charge < -0.3 is 9.84 Å². The third-order valence-electron chi connectivity index (χ3n) is 2.23. The molecule has 0 amide bonds. The molecule has 0 aromatic heterocycles. The Labute approximate surface area is 113 Å². The summed E-state index contributed by atoms with van der Waals surface area (Å²) in [4.78, 5) is 10.8. The summed E-state index contributed by atoms with van der Waals surface area (Å²) in [7, 11) is 0. The Morgan fingerprint density at radius 1 is 1.44 bits per heavy atom. The SMILES string of the molecule is CC(C)CSCCCOc1cccc(C(=O)O)c1. The lowest BCUT2D eigenvalue weighted by atomic mass is 10.2. The summed E-state index contributed by atoms with van der Waals surface area (Å²) in [6.07, 6.45) is 0.981. The predicted octanol–water partition coefficient (Wildman–Crippen LogP) is 3.54. The normalized spacial score (nSPS) is 10.6. The summed E-state index contributed by atoms with van der Waals surface area (Å²) >= 11 is 1.93. The molecular weight excluding hydrogens is 248 g/mol. The average molecular weight is 268 g/mol. The van der Waals surface area contributed by atoms with Crippen molar-refractivity contribution in [2.24, 2.45) is 5.92 Å². The van der Waals surface area contributed by atoms with Gasteiger partial charge >= 0.3 is 5.97 Å². The van der Waals surface area contributed by atoms with Gasteiger partial charge in [-0.25, -0.2) is 4.79 Å². The van der Waals surface area contributed by atoms with Crippen LogP contribution in [0.5, 0.6) is 5.75 Å². The van der Waals surface area contributed by atoms with E-state index in [9.17, 15) is 4.79 Å². The summed E-state index contributed by atoms with van der Waals surface area (Å²) in [6.45, 7) is 5.05. The van der Waals surface area contributed by atoms with Crippen molar-refractivity contribution in [2.45, 2.75) is 20.3 Å². The van der Waals surface area contributed by atoms with Gasteiger partial charge in [0.1, 0.15) is 5.75 Å². The van der Waals surface area contributed by atoms with Crippen molar-refractivity contribution in [3.05, 3.63) is 29.8 Å². The van der Waals surface area contributed by atoms with Crippen molar-refractivity contribution in [3.63, 3.8) is 0 Å². The van der Waals surface area contributed by atoms with Crippen LogP contribution >= 0.6 is 11.8 Å². The van der Waals surface area contributed by atoms with Crippen LogP contribution in [0, 0.1) is 5.92 Å². The van der Waals surface area contributed by atoms with Crippen molar-refractivity contribution < 1.29 is 14.6 Å². The lowest BCUT2D eigenvalue weighted by Crippen LogP contribution is -2.02. The Hall–Kier alpha value is -1.16. The molecule has 4 heteroatoms. The van der Waals surface area contributed by atoms with Crippen molar-refractivity contribution >= 4 is 17.7 Å². The summed E-state index contributed by atoms with van der Waals surface area (Å²) in [5.74, 6) is 2.69. The molecule has 0 heterocycles. The molecule has 0 aliphatic rings. The van der Waals surface area contributed by atoms with Crippen LogP contribution in [0.3, 0.4) is 0 Å². The molecule has 0 radical (unpaired) electrons. The lowest BCUT2D eigenvalue weighted by molar-refractivity contribution is 0.0696. The molecule has 0 fully saturated rings. The summed E-state index contributed by atoms with van der Waals surface area (Å²) in [6, 6.07) is 6.61. The van der Waals surface area contributed by atoms with E-state index < -0.39 is 5.97 Å². The fourth-order valence-corrected chi connectivity index (χ4v) is 2.35. The number of carboxylic acid groups (broad SMARTS) is 1. The maximum atomic E-state index is 10.8. The fraction of sp³-hybridized carbons (Fsp3) is 0.500. The van der Waals surface area contributed by atoms with Crippen LogP contribution in [0.15, 0.2) is 24.3 Å². The number of hydrogen-bond acceptors (Lipinski definition) is 3. The van der Waals surface area contributed by atoms with Crippen LogP contribution in [-0.2, 0) is 0 Å². The van der Waals surface area contributed by atoms with Gasteiger partial charge in [0.05, 0.1) is 12.2 Å². The summed E-state index contributed by atoms with van der Waals surface area (Å²) in [5, 5.41) is 8.84. The molecule has 0 aliphatic carbocycles. The van der Waals surface area contributed by atoms with E-state index in [2.05, 4.69) is 13.8 Å². The third-order valence-corrected chi connectivity index (χ3v) is 3.71. The molecule has 1 N–H and O–H groups in total. The Morgan fingerprint density at radius 3 is 2.89 bits per heavy atom. The molecule has 0 aliphatic heterocycles. The van der Waals surface area contributed by atoms with Crippen LogP contribution in [-0.4, -0.2) is 29.2 Å². The van der Waals surface area contributed by atoms with Crippen LogP contribution in [0.4, 0.5) is 0 Å². The van der Waals surface area contributed by atoms with E-state index in [4.69, 9.17) is 9.84 Å². The highest BCUT2D eigenvalue weighted by Crippen LogP contribution is 2.14. The Morgan fingerprint density at radius 2 is 2.22 bits per heavy atom. The van der Waals surface area contributed by atoms with E-state index in [1.165, 1.54) is 5.75 Å². The van der Waals surface area contributed by atoms with Crippen molar-refractivity contribution in [1.29, 1.82) is 0 Å². The first-order chi connectivity index (χ1) is 8.59.